The van der Waals surface area contributed by atoms with Crippen LogP contribution in [0.4, 0.5) is 0 Å². The first-order valence-corrected chi connectivity index (χ1v) is 2.92. The lowest BCUT2D eigenvalue weighted by atomic mass is 10.1. The van der Waals surface area contributed by atoms with Crippen molar-refractivity contribution in [3.8, 4) is 0 Å². The summed E-state index contributed by atoms with van der Waals surface area (Å²) in [6.45, 7) is 1.16. The van der Waals surface area contributed by atoms with Crippen LogP contribution in [0.5, 0.6) is 0 Å². The number of aliphatic hydroxyl groups excluding tert-OH is 1. The highest BCUT2D eigenvalue weighted by Gasteiger charge is 2.04. The molecule has 0 aromatic rings. The number of hydrogen-bond acceptors (Lipinski definition) is 2. The van der Waals surface area contributed by atoms with Crippen LogP contribution in [0.3, 0.4) is 0 Å². The van der Waals surface area contributed by atoms with Gasteiger partial charge in [0.15, 0.2) is 0 Å². The first-order valence-electron chi connectivity index (χ1n) is 2.92. The molecule has 0 aromatic carbocycles. The van der Waals surface area contributed by atoms with Crippen molar-refractivity contribution in [3.63, 3.8) is 0 Å². The number of aliphatic hydroxyl groups is 1. The molecule has 0 bridgehead atoms. The van der Waals surface area contributed by atoms with Gasteiger partial charge in [0.2, 0.25) is 0 Å². The van der Waals surface area contributed by atoms with Gasteiger partial charge in [-0.25, -0.2) is 0 Å². The Kier molecular flexibility index (Phi) is 2.06. The third-order valence-electron chi connectivity index (χ3n) is 1.33. The SMILES string of the molecule is OC[C@@H]1CC=CCN1. The van der Waals surface area contributed by atoms with E-state index in [1.54, 1.807) is 0 Å². The molecule has 0 unspecified atom stereocenters. The van der Waals surface area contributed by atoms with Crippen molar-refractivity contribution in [2.75, 3.05) is 13.2 Å². The number of rotatable bonds is 1. The van der Waals surface area contributed by atoms with Crippen molar-refractivity contribution in [1.29, 1.82) is 0 Å². The molecule has 0 amide bonds. The fourth-order valence-corrected chi connectivity index (χ4v) is 0.801. The highest BCUT2D eigenvalue weighted by atomic mass is 16.3. The third kappa shape index (κ3) is 1.32. The monoisotopic (exact) mass is 113 g/mol. The minimum absolute atomic E-state index is 0.254. The van der Waals surface area contributed by atoms with E-state index in [1.165, 1.54) is 0 Å². The van der Waals surface area contributed by atoms with Gasteiger partial charge in [0.1, 0.15) is 0 Å². The molecule has 0 fully saturated rings. The average Bonchev–Trinajstić information content (AvgIpc) is 1.90. The molecular formula is C6H11NO. The van der Waals surface area contributed by atoms with Crippen molar-refractivity contribution >= 4 is 0 Å². The van der Waals surface area contributed by atoms with Gasteiger partial charge in [-0.15, -0.1) is 0 Å². The summed E-state index contributed by atoms with van der Waals surface area (Å²) in [5, 5.41) is 11.7. The van der Waals surface area contributed by atoms with Gasteiger partial charge in [-0.3, -0.25) is 0 Å². The molecule has 1 aliphatic heterocycles. The zero-order valence-electron chi connectivity index (χ0n) is 4.80. The smallest absolute Gasteiger partial charge is 0.0587 e. The maximum Gasteiger partial charge on any atom is 0.0587 e. The van der Waals surface area contributed by atoms with E-state index in [2.05, 4.69) is 17.5 Å². The van der Waals surface area contributed by atoms with Crippen molar-refractivity contribution in [3.05, 3.63) is 12.2 Å². The van der Waals surface area contributed by atoms with Crippen LogP contribution in [0.15, 0.2) is 12.2 Å². The summed E-state index contributed by atoms with van der Waals surface area (Å²) in [6.07, 6.45) is 5.14. The molecule has 0 saturated heterocycles. The van der Waals surface area contributed by atoms with Gasteiger partial charge in [-0.05, 0) is 6.42 Å². The molecule has 2 N–H and O–H groups in total. The van der Waals surface area contributed by atoms with Crippen molar-refractivity contribution in [1.82, 2.24) is 5.32 Å². The molecule has 1 aliphatic rings. The molecule has 1 rings (SSSR count). The second-order valence-electron chi connectivity index (χ2n) is 1.99. The molecule has 1 heterocycles. The van der Waals surface area contributed by atoms with Gasteiger partial charge in [0, 0.05) is 12.6 Å². The molecule has 0 aromatic heterocycles. The normalized spacial score (nSPS) is 28.4. The molecule has 2 heteroatoms. The van der Waals surface area contributed by atoms with Gasteiger partial charge in [-0.1, -0.05) is 12.2 Å². The van der Waals surface area contributed by atoms with Crippen LogP contribution in [-0.2, 0) is 0 Å². The summed E-state index contributed by atoms with van der Waals surface area (Å²) in [7, 11) is 0. The van der Waals surface area contributed by atoms with E-state index in [0.29, 0.717) is 6.04 Å². The lowest BCUT2D eigenvalue weighted by Gasteiger charge is -2.15. The molecule has 1 atom stereocenters. The predicted molar refractivity (Wildman–Crippen MR) is 32.6 cm³/mol. The molecule has 0 saturated carbocycles. The Labute approximate surface area is 49.2 Å². The van der Waals surface area contributed by atoms with E-state index in [0.717, 1.165) is 13.0 Å². The van der Waals surface area contributed by atoms with Crippen molar-refractivity contribution < 1.29 is 5.11 Å². The molecule has 0 aliphatic carbocycles. The lowest BCUT2D eigenvalue weighted by molar-refractivity contribution is 0.244. The van der Waals surface area contributed by atoms with Crippen molar-refractivity contribution in [2.24, 2.45) is 0 Å². The van der Waals surface area contributed by atoms with Gasteiger partial charge in [-0.2, -0.15) is 0 Å². The predicted octanol–water partition coefficient (Wildman–Crippen LogP) is -0.103. The Bertz CT molecular complexity index is 90.5. The van der Waals surface area contributed by atoms with Gasteiger partial charge < -0.3 is 10.4 Å². The Morgan fingerprint density at radius 1 is 1.62 bits per heavy atom. The molecule has 2 nitrogen and oxygen atoms in total. The summed E-state index contributed by atoms with van der Waals surface area (Å²) in [5.74, 6) is 0. The zero-order chi connectivity index (χ0) is 5.82. The Balaban J connectivity index is 2.27. The van der Waals surface area contributed by atoms with E-state index in [4.69, 9.17) is 5.11 Å². The Hall–Kier alpha value is -0.340. The molecular weight excluding hydrogens is 102 g/mol. The molecule has 46 valence electrons. The first-order chi connectivity index (χ1) is 3.93. The van der Waals surface area contributed by atoms with Gasteiger partial charge >= 0.3 is 0 Å². The Morgan fingerprint density at radius 2 is 2.50 bits per heavy atom. The largest absolute Gasteiger partial charge is 0.395 e. The minimum atomic E-state index is 0.254. The van der Waals surface area contributed by atoms with E-state index in [-0.39, 0.29) is 6.61 Å². The average molecular weight is 113 g/mol. The summed E-state index contributed by atoms with van der Waals surface area (Å²) >= 11 is 0. The lowest BCUT2D eigenvalue weighted by Crippen LogP contribution is -2.34. The van der Waals surface area contributed by atoms with E-state index in [1.807, 2.05) is 0 Å². The summed E-state index contributed by atoms with van der Waals surface area (Å²) in [5.41, 5.74) is 0. The molecule has 0 radical (unpaired) electrons. The second-order valence-corrected chi connectivity index (χ2v) is 1.99. The standard InChI is InChI=1S/C6H11NO/c8-5-6-3-1-2-4-7-6/h1-2,6-8H,3-5H2/t6-/m0/s1. The van der Waals surface area contributed by atoms with Crippen molar-refractivity contribution in [2.45, 2.75) is 12.5 Å². The summed E-state index contributed by atoms with van der Waals surface area (Å²) in [6, 6.07) is 0.306. The van der Waals surface area contributed by atoms with E-state index in [9.17, 15) is 0 Å². The fraction of sp³-hybridized carbons (Fsp3) is 0.667. The zero-order valence-corrected chi connectivity index (χ0v) is 4.80. The van der Waals surface area contributed by atoms with Crippen LogP contribution in [0.1, 0.15) is 6.42 Å². The highest BCUT2D eigenvalue weighted by molar-refractivity contribution is 4.93. The fourth-order valence-electron chi connectivity index (χ4n) is 0.801. The third-order valence-corrected chi connectivity index (χ3v) is 1.33. The van der Waals surface area contributed by atoms with E-state index < -0.39 is 0 Å². The topological polar surface area (TPSA) is 32.3 Å². The maximum atomic E-state index is 8.59. The van der Waals surface area contributed by atoms with E-state index >= 15 is 0 Å². The second kappa shape index (κ2) is 2.84. The van der Waals surface area contributed by atoms with Crippen LogP contribution in [0, 0.1) is 0 Å². The maximum absolute atomic E-state index is 8.59. The first kappa shape index (κ1) is 5.79. The summed E-state index contributed by atoms with van der Waals surface area (Å²) in [4.78, 5) is 0. The number of hydrogen-bond donors (Lipinski definition) is 2. The quantitative estimate of drug-likeness (QED) is 0.465. The number of nitrogens with one attached hydrogen (secondary N) is 1. The van der Waals surface area contributed by atoms with Crippen LogP contribution < -0.4 is 5.32 Å². The summed E-state index contributed by atoms with van der Waals surface area (Å²) < 4.78 is 0. The minimum Gasteiger partial charge on any atom is -0.395 e. The van der Waals surface area contributed by atoms with Gasteiger partial charge in [0.05, 0.1) is 6.61 Å². The van der Waals surface area contributed by atoms with Crippen LogP contribution in [0.25, 0.3) is 0 Å². The highest BCUT2D eigenvalue weighted by Crippen LogP contribution is 1.96. The van der Waals surface area contributed by atoms with Crippen LogP contribution in [0.2, 0.25) is 0 Å². The Morgan fingerprint density at radius 3 is 2.88 bits per heavy atom. The molecule has 0 spiro atoms. The molecule has 8 heavy (non-hydrogen) atoms. The van der Waals surface area contributed by atoms with Crippen LogP contribution in [-0.4, -0.2) is 24.3 Å². The van der Waals surface area contributed by atoms with Gasteiger partial charge in [0.25, 0.3) is 0 Å². The van der Waals surface area contributed by atoms with Crippen LogP contribution >= 0.6 is 0 Å².